The van der Waals surface area contributed by atoms with Crippen LogP contribution in [0.1, 0.15) is 50.4 Å². The lowest BCUT2D eigenvalue weighted by Gasteiger charge is -2.38. The van der Waals surface area contributed by atoms with Gasteiger partial charge in [-0.25, -0.2) is 0 Å². The summed E-state index contributed by atoms with van der Waals surface area (Å²) in [7, 11) is 0. The van der Waals surface area contributed by atoms with Gasteiger partial charge in [-0.3, -0.25) is 4.90 Å². The Labute approximate surface area is 115 Å². The van der Waals surface area contributed by atoms with Crippen molar-refractivity contribution in [2.45, 2.75) is 51.6 Å². The SMILES string of the molecule is CCCC1CN(C(CCC)c2cccs2)CCN1. The predicted octanol–water partition coefficient (Wildman–Crippen LogP) is 3.66. The van der Waals surface area contributed by atoms with E-state index in [0.717, 1.165) is 6.54 Å². The molecule has 18 heavy (non-hydrogen) atoms. The molecule has 1 aliphatic heterocycles. The minimum atomic E-state index is 0.649. The molecule has 1 N–H and O–H groups in total. The van der Waals surface area contributed by atoms with Crippen LogP contribution in [0.15, 0.2) is 17.5 Å². The number of hydrogen-bond acceptors (Lipinski definition) is 3. The first-order valence-electron chi connectivity index (χ1n) is 7.36. The van der Waals surface area contributed by atoms with Crippen LogP contribution in [0, 0.1) is 0 Å². The van der Waals surface area contributed by atoms with Gasteiger partial charge in [0.15, 0.2) is 0 Å². The number of thiophene rings is 1. The van der Waals surface area contributed by atoms with Gasteiger partial charge < -0.3 is 5.32 Å². The van der Waals surface area contributed by atoms with Gasteiger partial charge in [0.2, 0.25) is 0 Å². The molecule has 0 aliphatic carbocycles. The Kier molecular flexibility index (Phi) is 5.67. The van der Waals surface area contributed by atoms with E-state index in [1.165, 1.54) is 38.8 Å². The number of hydrogen-bond donors (Lipinski definition) is 1. The number of rotatable bonds is 6. The number of nitrogens with one attached hydrogen (secondary N) is 1. The summed E-state index contributed by atoms with van der Waals surface area (Å²) in [6.45, 7) is 8.14. The van der Waals surface area contributed by atoms with E-state index in [2.05, 4.69) is 41.6 Å². The van der Waals surface area contributed by atoms with Gasteiger partial charge in [0.1, 0.15) is 0 Å². The zero-order chi connectivity index (χ0) is 12.8. The van der Waals surface area contributed by atoms with Gasteiger partial charge in [0.25, 0.3) is 0 Å². The van der Waals surface area contributed by atoms with E-state index in [0.29, 0.717) is 12.1 Å². The van der Waals surface area contributed by atoms with Crippen LogP contribution in [0.4, 0.5) is 0 Å². The molecule has 1 aromatic heterocycles. The maximum atomic E-state index is 3.65. The molecule has 2 atom stereocenters. The monoisotopic (exact) mass is 266 g/mol. The molecular formula is C15H26N2S. The van der Waals surface area contributed by atoms with Crippen LogP contribution in [0.25, 0.3) is 0 Å². The smallest absolute Gasteiger partial charge is 0.0442 e. The summed E-state index contributed by atoms with van der Waals surface area (Å²) in [4.78, 5) is 4.25. The molecular weight excluding hydrogens is 240 g/mol. The van der Waals surface area contributed by atoms with Crippen LogP contribution in [0.3, 0.4) is 0 Å². The highest BCUT2D eigenvalue weighted by molar-refractivity contribution is 7.10. The van der Waals surface area contributed by atoms with Crippen molar-refractivity contribution in [1.29, 1.82) is 0 Å². The van der Waals surface area contributed by atoms with Gasteiger partial charge in [-0.05, 0) is 24.3 Å². The maximum Gasteiger partial charge on any atom is 0.0442 e. The van der Waals surface area contributed by atoms with Gasteiger partial charge in [-0.2, -0.15) is 0 Å². The van der Waals surface area contributed by atoms with Crippen molar-refractivity contribution in [1.82, 2.24) is 10.2 Å². The van der Waals surface area contributed by atoms with E-state index >= 15 is 0 Å². The van der Waals surface area contributed by atoms with Crippen LogP contribution in [-0.2, 0) is 0 Å². The lowest BCUT2D eigenvalue weighted by Crippen LogP contribution is -2.51. The van der Waals surface area contributed by atoms with Crippen molar-refractivity contribution in [3.8, 4) is 0 Å². The van der Waals surface area contributed by atoms with Crippen molar-refractivity contribution in [3.63, 3.8) is 0 Å². The first-order valence-corrected chi connectivity index (χ1v) is 8.24. The summed E-state index contributed by atoms with van der Waals surface area (Å²) in [6, 6.07) is 5.84. The standard InChI is InChI=1S/C15H26N2S/c1-3-6-13-12-17(10-9-16-13)14(7-4-2)15-8-5-11-18-15/h5,8,11,13-14,16H,3-4,6-7,9-10,12H2,1-2H3. The van der Waals surface area contributed by atoms with E-state index in [1.54, 1.807) is 4.88 Å². The summed E-state index contributed by atoms with van der Waals surface area (Å²) in [6.07, 6.45) is 5.15. The van der Waals surface area contributed by atoms with E-state index in [-0.39, 0.29) is 0 Å². The molecule has 0 amide bonds. The first kappa shape index (κ1) is 14.0. The fraction of sp³-hybridized carbons (Fsp3) is 0.733. The Morgan fingerprint density at radius 1 is 1.44 bits per heavy atom. The predicted molar refractivity (Wildman–Crippen MR) is 80.2 cm³/mol. The number of nitrogens with zero attached hydrogens (tertiary/aromatic N) is 1. The highest BCUT2D eigenvalue weighted by atomic mass is 32.1. The topological polar surface area (TPSA) is 15.3 Å². The quantitative estimate of drug-likeness (QED) is 0.845. The van der Waals surface area contributed by atoms with Gasteiger partial charge in [0.05, 0.1) is 0 Å². The summed E-state index contributed by atoms with van der Waals surface area (Å²) in [5.74, 6) is 0. The molecule has 1 saturated heterocycles. The van der Waals surface area contributed by atoms with E-state index < -0.39 is 0 Å². The van der Waals surface area contributed by atoms with E-state index in [4.69, 9.17) is 0 Å². The summed E-state index contributed by atoms with van der Waals surface area (Å²) in [5, 5.41) is 5.87. The zero-order valence-corrected chi connectivity index (χ0v) is 12.5. The second-order valence-corrected chi connectivity index (χ2v) is 6.23. The highest BCUT2D eigenvalue weighted by Crippen LogP contribution is 2.30. The normalized spacial score (nSPS) is 23.1. The van der Waals surface area contributed by atoms with Gasteiger partial charge in [-0.15, -0.1) is 11.3 Å². The third-order valence-corrected chi connectivity index (χ3v) is 4.77. The van der Waals surface area contributed by atoms with Crippen LogP contribution in [0.2, 0.25) is 0 Å². The van der Waals surface area contributed by atoms with Crippen molar-refractivity contribution in [2.24, 2.45) is 0 Å². The molecule has 0 saturated carbocycles. The minimum Gasteiger partial charge on any atom is -0.311 e. The zero-order valence-electron chi connectivity index (χ0n) is 11.7. The Bertz CT molecular complexity index is 321. The Balaban J connectivity index is 2.01. The molecule has 102 valence electrons. The molecule has 0 bridgehead atoms. The van der Waals surface area contributed by atoms with Crippen LogP contribution in [-0.4, -0.2) is 30.6 Å². The molecule has 1 aliphatic rings. The third-order valence-electron chi connectivity index (χ3n) is 3.80. The minimum absolute atomic E-state index is 0.649. The Morgan fingerprint density at radius 3 is 3.00 bits per heavy atom. The summed E-state index contributed by atoms with van der Waals surface area (Å²) in [5.41, 5.74) is 0. The number of piperazine rings is 1. The average Bonchev–Trinajstić information content (AvgIpc) is 2.90. The fourth-order valence-corrected chi connectivity index (χ4v) is 3.83. The highest BCUT2D eigenvalue weighted by Gasteiger charge is 2.26. The molecule has 0 radical (unpaired) electrons. The second kappa shape index (κ2) is 7.27. The summed E-state index contributed by atoms with van der Waals surface area (Å²) < 4.78 is 0. The second-order valence-electron chi connectivity index (χ2n) is 5.25. The Hall–Kier alpha value is -0.380. The van der Waals surface area contributed by atoms with E-state index in [1.807, 2.05) is 11.3 Å². The van der Waals surface area contributed by atoms with Crippen LogP contribution < -0.4 is 5.32 Å². The van der Waals surface area contributed by atoms with Crippen LogP contribution in [0.5, 0.6) is 0 Å². The lowest BCUT2D eigenvalue weighted by molar-refractivity contribution is 0.134. The van der Waals surface area contributed by atoms with Gasteiger partial charge in [0, 0.05) is 36.6 Å². The van der Waals surface area contributed by atoms with Crippen molar-refractivity contribution < 1.29 is 0 Å². The molecule has 2 rings (SSSR count). The van der Waals surface area contributed by atoms with Crippen molar-refractivity contribution >= 4 is 11.3 Å². The van der Waals surface area contributed by atoms with Crippen molar-refractivity contribution in [2.75, 3.05) is 19.6 Å². The average molecular weight is 266 g/mol. The van der Waals surface area contributed by atoms with Crippen LogP contribution >= 0.6 is 11.3 Å². The van der Waals surface area contributed by atoms with Crippen molar-refractivity contribution in [3.05, 3.63) is 22.4 Å². The molecule has 0 aromatic carbocycles. The first-order chi connectivity index (χ1) is 8.85. The Morgan fingerprint density at radius 2 is 2.33 bits per heavy atom. The van der Waals surface area contributed by atoms with E-state index in [9.17, 15) is 0 Å². The lowest BCUT2D eigenvalue weighted by atomic mass is 10.0. The third kappa shape index (κ3) is 3.56. The maximum absolute atomic E-state index is 3.65. The molecule has 1 fully saturated rings. The fourth-order valence-electron chi connectivity index (χ4n) is 2.94. The molecule has 2 nitrogen and oxygen atoms in total. The van der Waals surface area contributed by atoms with Gasteiger partial charge in [-0.1, -0.05) is 32.8 Å². The molecule has 2 heterocycles. The summed E-state index contributed by atoms with van der Waals surface area (Å²) >= 11 is 1.92. The molecule has 3 heteroatoms. The largest absolute Gasteiger partial charge is 0.311 e. The van der Waals surface area contributed by atoms with Gasteiger partial charge >= 0.3 is 0 Å². The molecule has 0 spiro atoms. The molecule has 1 aromatic rings. The molecule has 2 unspecified atom stereocenters.